The van der Waals surface area contributed by atoms with E-state index >= 15 is 0 Å². The Morgan fingerprint density at radius 3 is 1.90 bits per heavy atom. The van der Waals surface area contributed by atoms with Gasteiger partial charge in [-0.15, -0.1) is 0 Å². The Balaban J connectivity index is 2.37. The van der Waals surface area contributed by atoms with Gasteiger partial charge in [0.15, 0.2) is 0 Å². The molecule has 0 amide bonds. The van der Waals surface area contributed by atoms with Crippen LogP contribution < -0.4 is 0 Å². The number of benzene rings is 2. The molecule has 98 valence electrons. The third kappa shape index (κ3) is 3.69. The second kappa shape index (κ2) is 7.10. The molecule has 20 heavy (non-hydrogen) atoms. The highest BCUT2D eigenvalue weighted by atomic mass is 14.0. The molecule has 2 rings (SSSR count). The van der Waals surface area contributed by atoms with Gasteiger partial charge in [0.25, 0.3) is 0 Å². The van der Waals surface area contributed by atoms with E-state index in [0.29, 0.717) is 0 Å². The normalized spacial score (nSPS) is 12.0. The summed E-state index contributed by atoms with van der Waals surface area (Å²) < 4.78 is 0. The summed E-state index contributed by atoms with van der Waals surface area (Å²) in [6, 6.07) is 20.5. The van der Waals surface area contributed by atoms with Gasteiger partial charge in [-0.25, -0.2) is 0 Å². The molecule has 0 aliphatic carbocycles. The van der Waals surface area contributed by atoms with Crippen molar-refractivity contribution in [2.75, 3.05) is 0 Å². The van der Waals surface area contributed by atoms with Gasteiger partial charge in [0.2, 0.25) is 0 Å². The largest absolute Gasteiger partial charge is 0.0985 e. The molecule has 0 aromatic heterocycles. The van der Waals surface area contributed by atoms with Gasteiger partial charge >= 0.3 is 0 Å². The average molecular weight is 258 g/mol. The van der Waals surface area contributed by atoms with Crippen LogP contribution in [0.4, 0.5) is 0 Å². The lowest BCUT2D eigenvalue weighted by Crippen LogP contribution is -1.82. The second-order valence-corrected chi connectivity index (χ2v) is 4.43. The maximum atomic E-state index is 3.90. The molecule has 0 heterocycles. The monoisotopic (exact) mass is 258 g/mol. The molecule has 0 atom stereocenters. The van der Waals surface area contributed by atoms with E-state index in [0.717, 1.165) is 22.3 Å². The van der Waals surface area contributed by atoms with E-state index in [1.54, 1.807) is 0 Å². The van der Waals surface area contributed by atoms with E-state index < -0.39 is 0 Å². The molecule has 0 saturated heterocycles. The van der Waals surface area contributed by atoms with Crippen LogP contribution in [0, 0.1) is 0 Å². The quantitative estimate of drug-likeness (QED) is 0.619. The topological polar surface area (TPSA) is 0 Å². The molecule has 2 aromatic carbocycles. The zero-order chi connectivity index (χ0) is 14.2. The highest BCUT2D eigenvalue weighted by Gasteiger charge is 1.97. The maximum Gasteiger partial charge on any atom is -0.0184 e. The Kier molecular flexibility index (Phi) is 4.91. The van der Waals surface area contributed by atoms with Gasteiger partial charge in [0.1, 0.15) is 0 Å². The number of rotatable bonds is 5. The summed E-state index contributed by atoms with van der Waals surface area (Å²) in [5, 5.41) is 0. The maximum absolute atomic E-state index is 3.90. The van der Waals surface area contributed by atoms with Gasteiger partial charge in [-0.1, -0.05) is 86.0 Å². The van der Waals surface area contributed by atoms with Crippen molar-refractivity contribution in [2.24, 2.45) is 0 Å². The SMILES string of the molecule is C=CC(=C\c1ccccc1)/C=C(\C=C)c1ccccc1. The van der Waals surface area contributed by atoms with Gasteiger partial charge < -0.3 is 0 Å². The van der Waals surface area contributed by atoms with Crippen molar-refractivity contribution in [3.8, 4) is 0 Å². The van der Waals surface area contributed by atoms with Crippen LogP contribution in [0.1, 0.15) is 11.1 Å². The van der Waals surface area contributed by atoms with Crippen molar-refractivity contribution < 1.29 is 0 Å². The molecule has 0 fully saturated rings. The Morgan fingerprint density at radius 2 is 1.35 bits per heavy atom. The number of allylic oxidation sites excluding steroid dienone is 5. The van der Waals surface area contributed by atoms with Gasteiger partial charge in [0, 0.05) is 0 Å². The smallest absolute Gasteiger partial charge is 0.0184 e. The van der Waals surface area contributed by atoms with E-state index in [9.17, 15) is 0 Å². The summed E-state index contributed by atoms with van der Waals surface area (Å²) in [6.45, 7) is 7.79. The Bertz CT molecular complexity index is 628. The predicted octanol–water partition coefficient (Wildman–Crippen LogP) is 5.53. The van der Waals surface area contributed by atoms with Crippen LogP contribution in [0.15, 0.2) is 97.6 Å². The minimum Gasteiger partial charge on any atom is -0.0985 e. The van der Waals surface area contributed by atoms with Gasteiger partial charge in [-0.2, -0.15) is 0 Å². The molecule has 0 radical (unpaired) electrons. The summed E-state index contributed by atoms with van der Waals surface area (Å²) in [4.78, 5) is 0. The second-order valence-electron chi connectivity index (χ2n) is 4.43. The van der Waals surface area contributed by atoms with Gasteiger partial charge in [-0.3, -0.25) is 0 Å². The van der Waals surface area contributed by atoms with Gasteiger partial charge in [-0.05, 0) is 34.4 Å². The fourth-order valence-electron chi connectivity index (χ4n) is 1.97. The molecule has 0 unspecified atom stereocenters. The summed E-state index contributed by atoms with van der Waals surface area (Å²) in [5.74, 6) is 0. The highest BCUT2D eigenvalue weighted by molar-refractivity contribution is 5.78. The lowest BCUT2D eigenvalue weighted by molar-refractivity contribution is 1.60. The first-order valence-electron chi connectivity index (χ1n) is 6.62. The molecule has 0 aliphatic heterocycles. The first-order valence-corrected chi connectivity index (χ1v) is 6.62. The molecule has 0 N–H and O–H groups in total. The van der Waals surface area contributed by atoms with Crippen LogP contribution in [0.25, 0.3) is 11.6 Å². The van der Waals surface area contributed by atoms with Crippen LogP contribution >= 0.6 is 0 Å². The first-order chi connectivity index (χ1) is 9.83. The van der Waals surface area contributed by atoms with Crippen LogP contribution in [0.2, 0.25) is 0 Å². The van der Waals surface area contributed by atoms with E-state index in [1.165, 1.54) is 0 Å². The van der Waals surface area contributed by atoms with Crippen LogP contribution in [0.3, 0.4) is 0 Å². The minimum atomic E-state index is 1.06. The van der Waals surface area contributed by atoms with Crippen molar-refractivity contribution in [1.29, 1.82) is 0 Å². The lowest BCUT2D eigenvalue weighted by atomic mass is 10.0. The Labute approximate surface area is 121 Å². The predicted molar refractivity (Wildman–Crippen MR) is 89.2 cm³/mol. The van der Waals surface area contributed by atoms with Crippen LogP contribution in [-0.4, -0.2) is 0 Å². The number of hydrogen-bond acceptors (Lipinski definition) is 0. The molecular formula is C20H18. The van der Waals surface area contributed by atoms with Crippen molar-refractivity contribution >= 4 is 11.6 Å². The molecule has 0 nitrogen and oxygen atoms in total. The summed E-state index contributed by atoms with van der Waals surface area (Å²) in [6.07, 6.45) is 7.94. The minimum absolute atomic E-state index is 1.06. The van der Waals surface area contributed by atoms with Crippen molar-refractivity contribution in [1.82, 2.24) is 0 Å². The lowest BCUT2D eigenvalue weighted by Gasteiger charge is -2.03. The third-order valence-electron chi connectivity index (χ3n) is 3.02. The first kappa shape index (κ1) is 13.8. The standard InChI is InChI=1S/C20H18/c1-3-17(15-18-11-7-5-8-12-18)16-19(4-2)20-13-9-6-10-14-20/h3-16H,1-2H2/b17-15+,19-16+. The third-order valence-corrected chi connectivity index (χ3v) is 3.02. The summed E-state index contributed by atoms with van der Waals surface area (Å²) in [5.41, 5.74) is 4.47. The number of hydrogen-bond donors (Lipinski definition) is 0. The molecule has 0 aliphatic rings. The fourth-order valence-corrected chi connectivity index (χ4v) is 1.97. The van der Waals surface area contributed by atoms with Gasteiger partial charge in [0.05, 0.1) is 0 Å². The summed E-state index contributed by atoms with van der Waals surface area (Å²) >= 11 is 0. The molecular weight excluding hydrogens is 240 g/mol. The Hall–Kier alpha value is -2.60. The molecule has 0 spiro atoms. The Morgan fingerprint density at radius 1 is 0.750 bits per heavy atom. The van der Waals surface area contributed by atoms with E-state index in [1.807, 2.05) is 48.6 Å². The fraction of sp³-hybridized carbons (Fsp3) is 0. The van der Waals surface area contributed by atoms with Crippen molar-refractivity contribution in [3.63, 3.8) is 0 Å². The van der Waals surface area contributed by atoms with Crippen molar-refractivity contribution in [3.05, 3.63) is 109 Å². The molecule has 0 heteroatoms. The van der Waals surface area contributed by atoms with Crippen LogP contribution in [0.5, 0.6) is 0 Å². The molecule has 0 bridgehead atoms. The zero-order valence-corrected chi connectivity index (χ0v) is 11.5. The molecule has 2 aromatic rings. The van der Waals surface area contributed by atoms with Crippen molar-refractivity contribution in [2.45, 2.75) is 0 Å². The summed E-state index contributed by atoms with van der Waals surface area (Å²) in [7, 11) is 0. The average Bonchev–Trinajstić information content (AvgIpc) is 2.53. The van der Waals surface area contributed by atoms with Crippen LogP contribution in [-0.2, 0) is 0 Å². The highest BCUT2D eigenvalue weighted by Crippen LogP contribution is 2.19. The van der Waals surface area contributed by atoms with E-state index in [2.05, 4.69) is 49.6 Å². The molecule has 0 saturated carbocycles. The van der Waals surface area contributed by atoms with E-state index in [-0.39, 0.29) is 0 Å². The van der Waals surface area contributed by atoms with E-state index in [4.69, 9.17) is 0 Å². The zero-order valence-electron chi connectivity index (χ0n) is 11.5.